The molecule has 102 valence electrons. The Bertz CT molecular complexity index is 480. The van der Waals surface area contributed by atoms with E-state index in [9.17, 15) is 4.79 Å². The summed E-state index contributed by atoms with van der Waals surface area (Å²) in [6, 6.07) is 1.94. The summed E-state index contributed by atoms with van der Waals surface area (Å²) in [6.07, 6.45) is 1.62. The first-order valence-electron chi connectivity index (χ1n) is 6.32. The van der Waals surface area contributed by atoms with Gasteiger partial charge in [-0.3, -0.25) is 4.79 Å². The Labute approximate surface area is 116 Å². The Balaban J connectivity index is 1.81. The Morgan fingerprint density at radius 2 is 2.32 bits per heavy atom. The van der Waals surface area contributed by atoms with Crippen LogP contribution in [0.15, 0.2) is 11.4 Å². The largest absolute Gasteiger partial charge is 0.384 e. The fourth-order valence-electron chi connectivity index (χ4n) is 1.96. The molecule has 0 bridgehead atoms. The molecule has 1 aromatic rings. The van der Waals surface area contributed by atoms with Gasteiger partial charge in [0, 0.05) is 35.0 Å². The van der Waals surface area contributed by atoms with Gasteiger partial charge in [-0.1, -0.05) is 11.8 Å². The molecule has 2 rings (SSSR count). The van der Waals surface area contributed by atoms with Crippen molar-refractivity contribution in [1.29, 1.82) is 0 Å². The van der Waals surface area contributed by atoms with Crippen molar-refractivity contribution < 1.29 is 14.6 Å². The van der Waals surface area contributed by atoms with Crippen LogP contribution < -0.4 is 5.32 Å². The van der Waals surface area contributed by atoms with Crippen molar-refractivity contribution >= 4 is 17.2 Å². The molecule has 2 heterocycles. The summed E-state index contributed by atoms with van der Waals surface area (Å²) in [5.41, 5.74) is 0.884. The predicted molar refractivity (Wildman–Crippen MR) is 73.7 cm³/mol. The van der Waals surface area contributed by atoms with Gasteiger partial charge in [0.25, 0.3) is 0 Å². The summed E-state index contributed by atoms with van der Waals surface area (Å²) in [4.78, 5) is 13.0. The van der Waals surface area contributed by atoms with Crippen LogP contribution in [0.25, 0.3) is 0 Å². The van der Waals surface area contributed by atoms with Crippen LogP contribution in [0.2, 0.25) is 0 Å². The minimum Gasteiger partial charge on any atom is -0.384 e. The first-order valence-corrected chi connectivity index (χ1v) is 7.20. The van der Waals surface area contributed by atoms with Crippen LogP contribution in [-0.4, -0.2) is 30.8 Å². The lowest BCUT2D eigenvalue weighted by molar-refractivity contribution is -0.128. The molecule has 1 aliphatic rings. The van der Waals surface area contributed by atoms with Crippen LogP contribution in [0.1, 0.15) is 23.3 Å². The third-order valence-electron chi connectivity index (χ3n) is 2.99. The van der Waals surface area contributed by atoms with Crippen LogP contribution in [0, 0.1) is 17.8 Å². The van der Waals surface area contributed by atoms with Crippen molar-refractivity contribution in [1.82, 2.24) is 5.32 Å². The molecule has 19 heavy (non-hydrogen) atoms. The van der Waals surface area contributed by atoms with E-state index in [1.165, 1.54) is 0 Å². The molecule has 0 spiro atoms. The molecule has 2 N–H and O–H groups in total. The zero-order valence-electron chi connectivity index (χ0n) is 10.6. The first-order chi connectivity index (χ1) is 9.29. The van der Waals surface area contributed by atoms with Crippen LogP contribution in [0.3, 0.4) is 0 Å². The van der Waals surface area contributed by atoms with E-state index in [0.29, 0.717) is 19.8 Å². The number of carbonyl (C=O) groups excluding carboxylic acids is 1. The van der Waals surface area contributed by atoms with Gasteiger partial charge in [0.1, 0.15) is 6.61 Å². The SMILES string of the molecule is O=C(NCc1cc(C#CCO)cs1)C1CCOCC1. The van der Waals surface area contributed by atoms with E-state index in [1.54, 1.807) is 11.3 Å². The fraction of sp³-hybridized carbons (Fsp3) is 0.500. The lowest BCUT2D eigenvalue weighted by atomic mass is 9.99. The van der Waals surface area contributed by atoms with Crippen molar-refractivity contribution in [3.05, 3.63) is 21.9 Å². The van der Waals surface area contributed by atoms with Gasteiger partial charge in [0.05, 0.1) is 6.54 Å². The number of aliphatic hydroxyl groups is 1. The summed E-state index contributed by atoms with van der Waals surface area (Å²) in [5, 5.41) is 13.5. The van der Waals surface area contributed by atoms with E-state index in [0.717, 1.165) is 23.3 Å². The van der Waals surface area contributed by atoms with Crippen LogP contribution in [0.4, 0.5) is 0 Å². The molecule has 1 aliphatic heterocycles. The van der Waals surface area contributed by atoms with Crippen molar-refractivity contribution in [3.8, 4) is 11.8 Å². The highest BCUT2D eigenvalue weighted by Crippen LogP contribution is 2.16. The summed E-state index contributed by atoms with van der Waals surface area (Å²) < 4.78 is 5.24. The number of hydrogen-bond acceptors (Lipinski definition) is 4. The third kappa shape index (κ3) is 4.35. The lowest BCUT2D eigenvalue weighted by Crippen LogP contribution is -2.33. The molecular weight excluding hydrogens is 262 g/mol. The van der Waals surface area contributed by atoms with E-state index in [1.807, 2.05) is 11.4 Å². The molecular formula is C14H17NO3S. The highest BCUT2D eigenvalue weighted by molar-refractivity contribution is 7.10. The van der Waals surface area contributed by atoms with Gasteiger partial charge in [-0.05, 0) is 18.9 Å². The minimum absolute atomic E-state index is 0.0855. The number of nitrogens with one attached hydrogen (secondary N) is 1. The fourth-order valence-corrected chi connectivity index (χ4v) is 2.71. The molecule has 1 amide bonds. The first kappa shape index (κ1) is 14.1. The van der Waals surface area contributed by atoms with Crippen molar-refractivity contribution in [2.75, 3.05) is 19.8 Å². The van der Waals surface area contributed by atoms with Crippen molar-refractivity contribution in [3.63, 3.8) is 0 Å². The Hall–Kier alpha value is -1.35. The Kier molecular flexibility index (Phi) is 5.40. The number of carbonyl (C=O) groups is 1. The number of aliphatic hydroxyl groups excluding tert-OH is 1. The quantitative estimate of drug-likeness (QED) is 0.816. The Morgan fingerprint density at radius 3 is 3.05 bits per heavy atom. The maximum atomic E-state index is 11.9. The molecule has 0 aromatic carbocycles. The third-order valence-corrected chi connectivity index (χ3v) is 3.93. The zero-order valence-corrected chi connectivity index (χ0v) is 11.5. The predicted octanol–water partition coefficient (Wildman–Crippen LogP) is 1.13. The summed E-state index contributed by atoms with van der Waals surface area (Å²) >= 11 is 1.57. The molecule has 1 fully saturated rings. The van der Waals surface area contributed by atoms with E-state index in [4.69, 9.17) is 9.84 Å². The summed E-state index contributed by atoms with van der Waals surface area (Å²) in [7, 11) is 0. The highest BCUT2D eigenvalue weighted by atomic mass is 32.1. The second-order valence-electron chi connectivity index (χ2n) is 4.37. The normalized spacial score (nSPS) is 15.6. The molecule has 0 saturated carbocycles. The van der Waals surface area contributed by atoms with Gasteiger partial charge >= 0.3 is 0 Å². The van der Waals surface area contributed by atoms with Crippen LogP contribution >= 0.6 is 11.3 Å². The van der Waals surface area contributed by atoms with Gasteiger partial charge in [-0.15, -0.1) is 11.3 Å². The van der Waals surface area contributed by atoms with E-state index in [2.05, 4.69) is 17.2 Å². The summed E-state index contributed by atoms with van der Waals surface area (Å²) in [6.45, 7) is 1.77. The number of ether oxygens (including phenoxy) is 1. The lowest BCUT2D eigenvalue weighted by Gasteiger charge is -2.20. The summed E-state index contributed by atoms with van der Waals surface area (Å²) in [5.74, 6) is 5.65. The topological polar surface area (TPSA) is 58.6 Å². The van der Waals surface area contributed by atoms with Gasteiger partial charge in [0.2, 0.25) is 5.91 Å². The maximum absolute atomic E-state index is 11.9. The second-order valence-corrected chi connectivity index (χ2v) is 5.36. The van der Waals surface area contributed by atoms with Crippen LogP contribution in [0.5, 0.6) is 0 Å². The van der Waals surface area contributed by atoms with Gasteiger partial charge in [-0.25, -0.2) is 0 Å². The van der Waals surface area contributed by atoms with E-state index in [-0.39, 0.29) is 18.4 Å². The number of rotatable bonds is 3. The van der Waals surface area contributed by atoms with Gasteiger partial charge < -0.3 is 15.2 Å². The number of amides is 1. The molecule has 5 heteroatoms. The molecule has 0 radical (unpaired) electrons. The minimum atomic E-state index is -0.133. The molecule has 0 atom stereocenters. The highest BCUT2D eigenvalue weighted by Gasteiger charge is 2.21. The monoisotopic (exact) mass is 279 g/mol. The standard InChI is InChI=1S/C14H17NO3S/c16-5-1-2-11-8-13(19-10-11)9-15-14(17)12-3-6-18-7-4-12/h8,10,12,16H,3-7,9H2,(H,15,17). The Morgan fingerprint density at radius 1 is 1.53 bits per heavy atom. The van der Waals surface area contributed by atoms with E-state index < -0.39 is 0 Å². The van der Waals surface area contributed by atoms with Gasteiger partial charge in [-0.2, -0.15) is 0 Å². The number of thiophene rings is 1. The molecule has 4 nitrogen and oxygen atoms in total. The average Bonchev–Trinajstić information content (AvgIpc) is 2.91. The molecule has 0 aliphatic carbocycles. The molecule has 1 saturated heterocycles. The zero-order chi connectivity index (χ0) is 13.5. The average molecular weight is 279 g/mol. The van der Waals surface area contributed by atoms with Crippen LogP contribution in [-0.2, 0) is 16.1 Å². The van der Waals surface area contributed by atoms with E-state index >= 15 is 0 Å². The second kappa shape index (κ2) is 7.29. The van der Waals surface area contributed by atoms with Crippen molar-refractivity contribution in [2.45, 2.75) is 19.4 Å². The molecule has 1 aromatic heterocycles. The number of hydrogen-bond donors (Lipinski definition) is 2. The maximum Gasteiger partial charge on any atom is 0.223 e. The van der Waals surface area contributed by atoms with Crippen molar-refractivity contribution in [2.24, 2.45) is 5.92 Å². The molecule has 0 unspecified atom stereocenters. The smallest absolute Gasteiger partial charge is 0.223 e. The van der Waals surface area contributed by atoms with Gasteiger partial charge in [0.15, 0.2) is 0 Å².